The maximum absolute atomic E-state index is 9.81. The Hall–Kier alpha value is -3.19. The maximum atomic E-state index is 9.81. The van der Waals surface area contributed by atoms with Crippen LogP contribution in [0.25, 0.3) is 33.3 Å². The van der Waals surface area contributed by atoms with E-state index in [4.69, 9.17) is 14.4 Å². The summed E-state index contributed by atoms with van der Waals surface area (Å²) in [6.07, 6.45) is 8.34. The van der Waals surface area contributed by atoms with E-state index in [0.29, 0.717) is 22.8 Å². The van der Waals surface area contributed by atoms with Crippen molar-refractivity contribution in [2.24, 2.45) is 5.41 Å². The van der Waals surface area contributed by atoms with Gasteiger partial charge in [0.2, 0.25) is 5.71 Å². The number of hydrogen-bond acceptors (Lipinski definition) is 4. The van der Waals surface area contributed by atoms with Crippen LogP contribution in [0.4, 0.5) is 0 Å². The van der Waals surface area contributed by atoms with Gasteiger partial charge in [0.25, 0.3) is 0 Å². The number of aromatic nitrogens is 2. The summed E-state index contributed by atoms with van der Waals surface area (Å²) in [4.78, 5) is 9.58. The first-order chi connectivity index (χ1) is 15.9. The molecule has 0 saturated heterocycles. The van der Waals surface area contributed by atoms with Gasteiger partial charge in [-0.05, 0) is 66.1 Å². The van der Waals surface area contributed by atoms with Crippen LogP contribution < -0.4 is 0 Å². The van der Waals surface area contributed by atoms with E-state index in [9.17, 15) is 5.26 Å². The Bertz CT molecular complexity index is 1360. The third-order valence-electron chi connectivity index (χ3n) is 7.51. The number of benzene rings is 1. The summed E-state index contributed by atoms with van der Waals surface area (Å²) in [5.74, 6) is 0.881. The molecule has 5 rings (SSSR count). The highest BCUT2D eigenvalue weighted by Crippen LogP contribution is 2.40. The first kappa shape index (κ1) is 21.6. The molecule has 1 aromatic carbocycles. The highest BCUT2D eigenvalue weighted by molar-refractivity contribution is 6.11. The summed E-state index contributed by atoms with van der Waals surface area (Å²) in [7, 11) is 0. The molecule has 0 aliphatic heterocycles. The number of rotatable bonds is 3. The summed E-state index contributed by atoms with van der Waals surface area (Å²) in [6.45, 7) is 8.86. The largest absolute Gasteiger partial charge is 0.437 e. The molecule has 3 aromatic heterocycles. The van der Waals surface area contributed by atoms with Crippen LogP contribution >= 0.6 is 0 Å². The van der Waals surface area contributed by atoms with Crippen molar-refractivity contribution in [1.29, 1.82) is 5.26 Å². The zero-order valence-corrected chi connectivity index (χ0v) is 20.0. The van der Waals surface area contributed by atoms with Gasteiger partial charge >= 0.3 is 0 Å². The second-order valence-corrected chi connectivity index (χ2v) is 10.6. The van der Waals surface area contributed by atoms with E-state index in [1.165, 1.54) is 37.7 Å². The Labute approximate surface area is 195 Å². The van der Waals surface area contributed by atoms with Crippen molar-refractivity contribution in [3.05, 3.63) is 59.4 Å². The molecule has 1 saturated carbocycles. The first-order valence-electron chi connectivity index (χ1n) is 12.1. The smallest absolute Gasteiger partial charge is 0.227 e. The first-order valence-corrected chi connectivity index (χ1v) is 12.1. The number of furan rings is 1. The van der Waals surface area contributed by atoms with Crippen LogP contribution in [0.1, 0.15) is 88.5 Å². The van der Waals surface area contributed by atoms with Gasteiger partial charge in [-0.3, -0.25) is 4.98 Å². The van der Waals surface area contributed by atoms with Crippen LogP contribution in [0.15, 0.2) is 47.0 Å². The Kier molecular flexibility index (Phi) is 5.44. The molecule has 1 unspecified atom stereocenters. The quantitative estimate of drug-likeness (QED) is 0.325. The standard InChI is InChI=1S/C29H31N3O/c1-18(29(2,3)4)24-13-12-23-26-21(17-30)10-11-22(27(26)33-28(23)32-24)25-16-20(14-15-31-25)19-8-6-5-7-9-19/h10-16,18-19H,5-9H2,1-4H3. The third-order valence-corrected chi connectivity index (χ3v) is 7.51. The van der Waals surface area contributed by atoms with Gasteiger partial charge in [0, 0.05) is 34.1 Å². The van der Waals surface area contributed by atoms with E-state index in [-0.39, 0.29) is 11.3 Å². The molecule has 1 atom stereocenters. The minimum absolute atomic E-state index is 0.0964. The lowest BCUT2D eigenvalue weighted by Crippen LogP contribution is -2.16. The SMILES string of the molecule is CC(c1ccc2c(n1)oc1c(-c3cc(C4CCCCC4)ccn3)ccc(C#N)c12)C(C)(C)C. The molecule has 168 valence electrons. The summed E-state index contributed by atoms with van der Waals surface area (Å²) in [6, 6.07) is 14.7. The molecule has 4 heteroatoms. The Morgan fingerprint density at radius 2 is 1.85 bits per heavy atom. The number of nitriles is 1. The van der Waals surface area contributed by atoms with Crippen LogP contribution in [0.2, 0.25) is 0 Å². The molecular formula is C29H31N3O. The lowest BCUT2D eigenvalue weighted by Gasteiger charge is -2.26. The normalized spacial score (nSPS) is 16.2. The molecule has 3 heterocycles. The van der Waals surface area contributed by atoms with Crippen molar-refractivity contribution in [3.8, 4) is 17.3 Å². The van der Waals surface area contributed by atoms with Gasteiger partial charge in [0.1, 0.15) is 5.58 Å². The lowest BCUT2D eigenvalue weighted by atomic mass is 9.80. The Morgan fingerprint density at radius 1 is 1.06 bits per heavy atom. The maximum Gasteiger partial charge on any atom is 0.227 e. The minimum atomic E-state index is 0.0964. The van der Waals surface area contributed by atoms with E-state index in [1.54, 1.807) is 0 Å². The number of hydrogen-bond donors (Lipinski definition) is 0. The molecule has 33 heavy (non-hydrogen) atoms. The molecule has 1 aliphatic carbocycles. The molecule has 4 nitrogen and oxygen atoms in total. The highest BCUT2D eigenvalue weighted by atomic mass is 16.3. The fraction of sp³-hybridized carbons (Fsp3) is 0.414. The van der Waals surface area contributed by atoms with Crippen molar-refractivity contribution in [3.63, 3.8) is 0 Å². The molecule has 0 amide bonds. The second-order valence-electron chi connectivity index (χ2n) is 10.6. The highest BCUT2D eigenvalue weighted by Gasteiger charge is 2.25. The summed E-state index contributed by atoms with van der Waals surface area (Å²) >= 11 is 0. The van der Waals surface area contributed by atoms with Crippen molar-refractivity contribution < 1.29 is 4.42 Å². The predicted molar refractivity (Wildman–Crippen MR) is 133 cm³/mol. The van der Waals surface area contributed by atoms with E-state index in [0.717, 1.165) is 27.7 Å². The van der Waals surface area contributed by atoms with Gasteiger partial charge in [-0.15, -0.1) is 0 Å². The molecule has 1 aliphatic rings. The van der Waals surface area contributed by atoms with Gasteiger partial charge < -0.3 is 4.42 Å². The minimum Gasteiger partial charge on any atom is -0.437 e. The van der Waals surface area contributed by atoms with Crippen LogP contribution in [0, 0.1) is 16.7 Å². The molecule has 4 aromatic rings. The van der Waals surface area contributed by atoms with Gasteiger partial charge in [-0.25, -0.2) is 4.98 Å². The fourth-order valence-electron chi connectivity index (χ4n) is 5.04. The summed E-state index contributed by atoms with van der Waals surface area (Å²) < 4.78 is 6.37. The van der Waals surface area contributed by atoms with Crippen molar-refractivity contribution in [2.45, 2.75) is 71.6 Å². The predicted octanol–water partition coefficient (Wildman–Crippen LogP) is 8.11. The molecule has 0 spiro atoms. The van der Waals surface area contributed by atoms with E-state index >= 15 is 0 Å². The molecule has 1 fully saturated rings. The number of fused-ring (bicyclic) bond motifs is 3. The van der Waals surface area contributed by atoms with Gasteiger partial charge in [0.05, 0.1) is 17.3 Å². The van der Waals surface area contributed by atoms with E-state index in [1.807, 2.05) is 18.3 Å². The Morgan fingerprint density at radius 3 is 2.58 bits per heavy atom. The molecule has 0 radical (unpaired) electrons. The number of nitrogens with zero attached hydrogens (tertiary/aromatic N) is 3. The van der Waals surface area contributed by atoms with Crippen molar-refractivity contribution in [2.75, 3.05) is 0 Å². The monoisotopic (exact) mass is 437 g/mol. The molecule has 0 N–H and O–H groups in total. The fourth-order valence-corrected chi connectivity index (χ4v) is 5.04. The van der Waals surface area contributed by atoms with Gasteiger partial charge in [0.15, 0.2) is 0 Å². The van der Waals surface area contributed by atoms with Crippen LogP contribution in [-0.4, -0.2) is 9.97 Å². The van der Waals surface area contributed by atoms with Gasteiger partial charge in [-0.2, -0.15) is 5.26 Å². The van der Waals surface area contributed by atoms with Crippen LogP contribution in [0.3, 0.4) is 0 Å². The second kappa shape index (κ2) is 8.30. The third kappa shape index (κ3) is 3.91. The topological polar surface area (TPSA) is 62.7 Å². The van der Waals surface area contributed by atoms with Crippen LogP contribution in [-0.2, 0) is 0 Å². The van der Waals surface area contributed by atoms with E-state index < -0.39 is 0 Å². The summed E-state index contributed by atoms with van der Waals surface area (Å²) in [5.41, 5.74) is 6.17. The van der Waals surface area contributed by atoms with Crippen LogP contribution in [0.5, 0.6) is 0 Å². The Balaban J connectivity index is 1.67. The average molecular weight is 438 g/mol. The summed E-state index contributed by atoms with van der Waals surface area (Å²) in [5, 5.41) is 11.5. The zero-order chi connectivity index (χ0) is 23.2. The average Bonchev–Trinajstić information content (AvgIpc) is 3.22. The van der Waals surface area contributed by atoms with Gasteiger partial charge in [-0.1, -0.05) is 47.0 Å². The molecule has 0 bridgehead atoms. The number of pyridine rings is 2. The van der Waals surface area contributed by atoms with Crippen molar-refractivity contribution in [1.82, 2.24) is 9.97 Å². The lowest BCUT2D eigenvalue weighted by molar-refractivity contribution is 0.334. The van der Waals surface area contributed by atoms with Crippen molar-refractivity contribution >= 4 is 22.1 Å². The molecular weight excluding hydrogens is 406 g/mol. The van der Waals surface area contributed by atoms with E-state index in [2.05, 4.69) is 58.0 Å². The zero-order valence-electron chi connectivity index (χ0n) is 20.0.